The molecule has 6 nitrogen and oxygen atoms in total. The van der Waals surface area contributed by atoms with E-state index >= 15 is 0 Å². The molecule has 92 valence electrons. The van der Waals surface area contributed by atoms with E-state index in [0.29, 0.717) is 6.54 Å². The Bertz CT molecular complexity index is 402. The van der Waals surface area contributed by atoms with E-state index < -0.39 is 33.4 Å². The van der Waals surface area contributed by atoms with Gasteiger partial charge in [0.25, 0.3) is 0 Å². The van der Waals surface area contributed by atoms with Gasteiger partial charge >= 0.3 is 5.97 Å². The van der Waals surface area contributed by atoms with Crippen LogP contribution in [0.25, 0.3) is 0 Å². The van der Waals surface area contributed by atoms with Crippen LogP contribution in [0.4, 0.5) is 0 Å². The molecular formula is C9H15NO5S. The summed E-state index contributed by atoms with van der Waals surface area (Å²) in [5.41, 5.74) is 0. The molecule has 1 fully saturated rings. The molecule has 1 amide bonds. The molecular weight excluding hydrogens is 234 g/mol. The molecule has 16 heavy (non-hydrogen) atoms. The summed E-state index contributed by atoms with van der Waals surface area (Å²) in [6.07, 6.45) is 0.985. The van der Waals surface area contributed by atoms with Crippen molar-refractivity contribution in [2.24, 2.45) is 11.8 Å². The van der Waals surface area contributed by atoms with Gasteiger partial charge in [0, 0.05) is 19.3 Å². The van der Waals surface area contributed by atoms with Crippen LogP contribution in [-0.2, 0) is 19.4 Å². The molecule has 1 heterocycles. The standard InChI is InChI=1S/C9H15NO5S/c1-6-3-10(4-7(6)9(12)13)8(11)5-16(2,14)15/h6-7H,3-5H2,1-2H3,(H,12,13). The van der Waals surface area contributed by atoms with Crippen LogP contribution >= 0.6 is 0 Å². The Morgan fingerprint density at radius 2 is 1.94 bits per heavy atom. The smallest absolute Gasteiger partial charge is 0.308 e. The fourth-order valence-corrected chi connectivity index (χ4v) is 2.44. The first-order valence-electron chi connectivity index (χ1n) is 4.89. The minimum atomic E-state index is -3.35. The number of sulfone groups is 1. The molecule has 2 unspecified atom stereocenters. The molecule has 0 aromatic heterocycles. The van der Waals surface area contributed by atoms with Crippen LogP contribution in [0.5, 0.6) is 0 Å². The molecule has 0 bridgehead atoms. The molecule has 0 aliphatic carbocycles. The second-order valence-electron chi connectivity index (χ2n) is 4.29. The zero-order valence-corrected chi connectivity index (χ0v) is 10.0. The second-order valence-corrected chi connectivity index (χ2v) is 6.43. The summed E-state index contributed by atoms with van der Waals surface area (Å²) in [4.78, 5) is 23.6. The van der Waals surface area contributed by atoms with Gasteiger partial charge in [-0.25, -0.2) is 8.42 Å². The molecule has 0 saturated carbocycles. The number of carboxylic acids is 1. The van der Waals surface area contributed by atoms with Gasteiger partial charge < -0.3 is 10.0 Å². The summed E-state index contributed by atoms with van der Waals surface area (Å²) in [6.45, 7) is 2.16. The first-order chi connectivity index (χ1) is 7.20. The third-order valence-electron chi connectivity index (χ3n) is 2.67. The van der Waals surface area contributed by atoms with Crippen molar-refractivity contribution in [3.05, 3.63) is 0 Å². The lowest BCUT2D eigenvalue weighted by Gasteiger charge is -2.14. The number of hydrogen-bond acceptors (Lipinski definition) is 4. The van der Waals surface area contributed by atoms with Crippen LogP contribution in [0.3, 0.4) is 0 Å². The SMILES string of the molecule is CC1CN(C(=O)CS(C)(=O)=O)CC1C(=O)O. The van der Waals surface area contributed by atoms with E-state index in [1.54, 1.807) is 6.92 Å². The monoisotopic (exact) mass is 249 g/mol. The molecule has 1 aliphatic heterocycles. The third kappa shape index (κ3) is 3.19. The topological polar surface area (TPSA) is 91.8 Å². The normalized spacial score (nSPS) is 25.8. The lowest BCUT2D eigenvalue weighted by atomic mass is 9.99. The van der Waals surface area contributed by atoms with E-state index in [1.165, 1.54) is 4.90 Å². The van der Waals surface area contributed by atoms with Crippen molar-refractivity contribution in [1.29, 1.82) is 0 Å². The molecule has 2 atom stereocenters. The zero-order valence-electron chi connectivity index (χ0n) is 9.21. The van der Waals surface area contributed by atoms with Crippen molar-refractivity contribution in [3.63, 3.8) is 0 Å². The molecule has 1 aliphatic rings. The van der Waals surface area contributed by atoms with E-state index in [4.69, 9.17) is 5.11 Å². The van der Waals surface area contributed by atoms with Gasteiger partial charge in [-0.15, -0.1) is 0 Å². The van der Waals surface area contributed by atoms with Gasteiger partial charge in [-0.3, -0.25) is 9.59 Å². The van der Waals surface area contributed by atoms with Crippen LogP contribution in [0, 0.1) is 11.8 Å². The fraction of sp³-hybridized carbons (Fsp3) is 0.778. The van der Waals surface area contributed by atoms with Gasteiger partial charge in [0.15, 0.2) is 9.84 Å². The Balaban J connectivity index is 2.65. The summed E-state index contributed by atoms with van der Waals surface area (Å²) in [7, 11) is -3.35. The van der Waals surface area contributed by atoms with Gasteiger partial charge in [-0.2, -0.15) is 0 Å². The highest BCUT2D eigenvalue weighted by molar-refractivity contribution is 7.91. The number of carbonyl (C=O) groups is 2. The number of carbonyl (C=O) groups excluding carboxylic acids is 1. The second kappa shape index (κ2) is 4.40. The quantitative estimate of drug-likeness (QED) is 0.707. The van der Waals surface area contributed by atoms with Crippen LogP contribution in [0.15, 0.2) is 0 Å². The van der Waals surface area contributed by atoms with E-state index in [1.807, 2.05) is 0 Å². The number of aliphatic carboxylic acids is 1. The van der Waals surface area contributed by atoms with E-state index in [0.717, 1.165) is 6.26 Å². The predicted octanol–water partition coefficient (Wildman–Crippen LogP) is -0.790. The van der Waals surface area contributed by atoms with Crippen molar-refractivity contribution in [3.8, 4) is 0 Å². The molecule has 1 rings (SSSR count). The van der Waals surface area contributed by atoms with E-state index in [2.05, 4.69) is 0 Å². The number of rotatable bonds is 3. The number of carboxylic acid groups (broad SMARTS) is 1. The zero-order chi connectivity index (χ0) is 12.5. The summed E-state index contributed by atoms with van der Waals surface area (Å²) in [5, 5.41) is 8.86. The minimum absolute atomic E-state index is 0.102. The maximum absolute atomic E-state index is 11.5. The predicted molar refractivity (Wildman–Crippen MR) is 56.6 cm³/mol. The Kier molecular flexibility index (Phi) is 3.57. The van der Waals surface area contributed by atoms with Gasteiger partial charge in [-0.05, 0) is 5.92 Å². The summed E-state index contributed by atoms with van der Waals surface area (Å²) in [5.74, 6) is -2.74. The molecule has 0 aromatic carbocycles. The van der Waals surface area contributed by atoms with Crippen LogP contribution in [0.1, 0.15) is 6.92 Å². The first-order valence-corrected chi connectivity index (χ1v) is 6.95. The molecule has 1 N–H and O–H groups in total. The van der Waals surface area contributed by atoms with Crippen molar-refractivity contribution in [1.82, 2.24) is 4.90 Å². The lowest BCUT2D eigenvalue weighted by molar-refractivity contribution is -0.142. The van der Waals surface area contributed by atoms with Crippen molar-refractivity contribution >= 4 is 21.7 Å². The summed E-state index contributed by atoms with van der Waals surface area (Å²) in [6, 6.07) is 0. The number of nitrogens with zero attached hydrogens (tertiary/aromatic N) is 1. The van der Waals surface area contributed by atoms with Crippen molar-refractivity contribution < 1.29 is 23.1 Å². The summed E-state index contributed by atoms with van der Waals surface area (Å²) < 4.78 is 21.9. The molecule has 0 spiro atoms. The number of hydrogen-bond donors (Lipinski definition) is 1. The Labute approximate surface area is 94.2 Å². The number of likely N-dealkylation sites (tertiary alicyclic amines) is 1. The average Bonchev–Trinajstić information content (AvgIpc) is 2.44. The highest BCUT2D eigenvalue weighted by Gasteiger charge is 2.37. The van der Waals surface area contributed by atoms with Gasteiger partial charge in [-0.1, -0.05) is 6.92 Å². The lowest BCUT2D eigenvalue weighted by Crippen LogP contribution is -2.34. The summed E-state index contributed by atoms with van der Waals surface area (Å²) >= 11 is 0. The highest BCUT2D eigenvalue weighted by Crippen LogP contribution is 2.23. The first kappa shape index (κ1) is 13.0. The molecule has 0 radical (unpaired) electrons. The minimum Gasteiger partial charge on any atom is -0.481 e. The van der Waals surface area contributed by atoms with Crippen LogP contribution in [-0.4, -0.2) is 55.4 Å². The Morgan fingerprint density at radius 3 is 2.31 bits per heavy atom. The molecule has 1 saturated heterocycles. The fourth-order valence-electron chi connectivity index (χ4n) is 1.81. The Hall–Kier alpha value is -1.11. The van der Waals surface area contributed by atoms with Gasteiger partial charge in [0.2, 0.25) is 5.91 Å². The van der Waals surface area contributed by atoms with Crippen molar-refractivity contribution in [2.45, 2.75) is 6.92 Å². The van der Waals surface area contributed by atoms with Gasteiger partial charge in [0.05, 0.1) is 5.92 Å². The maximum Gasteiger partial charge on any atom is 0.308 e. The largest absolute Gasteiger partial charge is 0.481 e. The number of amides is 1. The maximum atomic E-state index is 11.5. The Morgan fingerprint density at radius 1 is 1.38 bits per heavy atom. The molecule has 0 aromatic rings. The van der Waals surface area contributed by atoms with E-state index in [-0.39, 0.29) is 12.5 Å². The average molecular weight is 249 g/mol. The van der Waals surface area contributed by atoms with Gasteiger partial charge in [0.1, 0.15) is 5.75 Å². The molecule has 7 heteroatoms. The highest BCUT2D eigenvalue weighted by atomic mass is 32.2. The van der Waals surface area contributed by atoms with Crippen LogP contribution in [0.2, 0.25) is 0 Å². The van der Waals surface area contributed by atoms with Crippen LogP contribution < -0.4 is 0 Å². The van der Waals surface area contributed by atoms with Crippen molar-refractivity contribution in [2.75, 3.05) is 25.1 Å². The van der Waals surface area contributed by atoms with E-state index in [9.17, 15) is 18.0 Å². The third-order valence-corrected chi connectivity index (χ3v) is 3.44.